The number of hydrogen-bond acceptors (Lipinski definition) is 3. The monoisotopic (exact) mass is 312 g/mol. The molecule has 118 valence electrons. The third-order valence-corrected chi connectivity index (χ3v) is 3.39. The molecule has 0 aliphatic rings. The molecule has 0 bridgehead atoms. The van der Waals surface area contributed by atoms with E-state index in [1.165, 1.54) is 25.7 Å². The number of anilines is 2. The number of nitrogens with one attached hydrogen (secondary N) is 1. The molecule has 0 aliphatic heterocycles. The number of nitrogen functional groups attached to an aromatic ring is 1. The van der Waals surface area contributed by atoms with Crippen LogP contribution in [0.4, 0.5) is 11.4 Å². The van der Waals surface area contributed by atoms with Crippen LogP contribution in [0.1, 0.15) is 45.4 Å². The molecule has 0 heterocycles. The molecule has 1 amide bonds. The van der Waals surface area contributed by atoms with E-state index in [0.29, 0.717) is 29.4 Å². The van der Waals surface area contributed by atoms with Crippen LogP contribution in [0.3, 0.4) is 0 Å². The maximum atomic E-state index is 11.8. The molecular weight excluding hydrogens is 288 g/mol. The number of carbonyl (C=O) groups is 1. The fraction of sp³-hybridized carbons (Fsp3) is 0.562. The van der Waals surface area contributed by atoms with Gasteiger partial charge in [-0.3, -0.25) is 4.79 Å². The van der Waals surface area contributed by atoms with Crippen LogP contribution in [0.5, 0.6) is 0 Å². The Morgan fingerprint density at radius 2 is 2.00 bits per heavy atom. The molecule has 0 atom stereocenters. The summed E-state index contributed by atoms with van der Waals surface area (Å²) < 4.78 is 5.46. The third-order valence-electron chi connectivity index (χ3n) is 3.16. The molecule has 0 aliphatic carbocycles. The van der Waals surface area contributed by atoms with Gasteiger partial charge in [0.15, 0.2) is 0 Å². The van der Waals surface area contributed by atoms with E-state index in [1.54, 1.807) is 18.2 Å². The Hall–Kier alpha value is -1.26. The highest BCUT2D eigenvalue weighted by atomic mass is 35.5. The lowest BCUT2D eigenvalue weighted by molar-refractivity contribution is -0.117. The SMILES string of the molecule is CCCCCCCOCCC(=O)Nc1cc(Cl)ccc1N. The largest absolute Gasteiger partial charge is 0.397 e. The number of carbonyl (C=O) groups excluding carboxylic acids is 1. The first-order chi connectivity index (χ1) is 10.1. The summed E-state index contributed by atoms with van der Waals surface area (Å²) in [5, 5.41) is 3.29. The minimum absolute atomic E-state index is 0.116. The lowest BCUT2D eigenvalue weighted by Gasteiger charge is -2.09. The molecule has 3 N–H and O–H groups in total. The van der Waals surface area contributed by atoms with Crippen LogP contribution in [0.25, 0.3) is 0 Å². The lowest BCUT2D eigenvalue weighted by Crippen LogP contribution is -2.15. The third kappa shape index (κ3) is 7.93. The molecule has 5 heteroatoms. The van der Waals surface area contributed by atoms with Crippen LogP contribution in [-0.4, -0.2) is 19.1 Å². The molecule has 21 heavy (non-hydrogen) atoms. The first kappa shape index (κ1) is 17.8. The van der Waals surface area contributed by atoms with Crippen molar-refractivity contribution in [2.24, 2.45) is 0 Å². The average molecular weight is 313 g/mol. The molecule has 0 saturated carbocycles. The number of ether oxygens (including phenoxy) is 1. The summed E-state index contributed by atoms with van der Waals surface area (Å²) in [6, 6.07) is 5.00. The van der Waals surface area contributed by atoms with Gasteiger partial charge in [-0.15, -0.1) is 0 Å². The van der Waals surface area contributed by atoms with Gasteiger partial charge in [-0.2, -0.15) is 0 Å². The van der Waals surface area contributed by atoms with E-state index in [2.05, 4.69) is 12.2 Å². The van der Waals surface area contributed by atoms with E-state index >= 15 is 0 Å². The zero-order valence-corrected chi connectivity index (χ0v) is 13.4. The van der Waals surface area contributed by atoms with Crippen LogP contribution in [0, 0.1) is 0 Å². The van der Waals surface area contributed by atoms with Gasteiger partial charge in [0.1, 0.15) is 0 Å². The van der Waals surface area contributed by atoms with Crippen LogP contribution < -0.4 is 11.1 Å². The van der Waals surface area contributed by atoms with Crippen molar-refractivity contribution >= 4 is 28.9 Å². The Kier molecular flexibility index (Phi) is 8.87. The fourth-order valence-corrected chi connectivity index (χ4v) is 2.10. The van der Waals surface area contributed by atoms with Crippen LogP contribution in [0.2, 0.25) is 5.02 Å². The number of unbranched alkanes of at least 4 members (excludes halogenated alkanes) is 4. The predicted octanol–water partition coefficient (Wildman–Crippen LogP) is 4.24. The summed E-state index contributed by atoms with van der Waals surface area (Å²) in [7, 11) is 0. The second kappa shape index (κ2) is 10.5. The molecule has 0 spiro atoms. The Morgan fingerprint density at radius 3 is 2.76 bits per heavy atom. The minimum atomic E-state index is -0.116. The van der Waals surface area contributed by atoms with Gasteiger partial charge in [0.25, 0.3) is 0 Å². The summed E-state index contributed by atoms with van der Waals surface area (Å²) >= 11 is 5.87. The van der Waals surface area contributed by atoms with E-state index in [-0.39, 0.29) is 5.91 Å². The van der Waals surface area contributed by atoms with Gasteiger partial charge in [0.2, 0.25) is 5.91 Å². The summed E-state index contributed by atoms with van der Waals surface area (Å²) in [5.74, 6) is -0.116. The molecule has 0 saturated heterocycles. The second-order valence-corrected chi connectivity index (χ2v) is 5.49. The highest BCUT2D eigenvalue weighted by Crippen LogP contribution is 2.22. The smallest absolute Gasteiger partial charge is 0.226 e. The fourth-order valence-electron chi connectivity index (χ4n) is 1.92. The van der Waals surface area contributed by atoms with Gasteiger partial charge in [0, 0.05) is 11.6 Å². The first-order valence-electron chi connectivity index (χ1n) is 7.56. The van der Waals surface area contributed by atoms with Gasteiger partial charge in [-0.05, 0) is 24.6 Å². The molecule has 1 aromatic rings. The van der Waals surface area contributed by atoms with Crippen LogP contribution in [-0.2, 0) is 9.53 Å². The number of benzene rings is 1. The summed E-state index contributed by atoms with van der Waals surface area (Å²) in [4.78, 5) is 11.8. The van der Waals surface area contributed by atoms with Crippen molar-refractivity contribution in [2.75, 3.05) is 24.3 Å². The van der Waals surface area contributed by atoms with E-state index in [4.69, 9.17) is 22.1 Å². The van der Waals surface area contributed by atoms with Crippen molar-refractivity contribution in [3.63, 3.8) is 0 Å². The summed E-state index contributed by atoms with van der Waals surface area (Å²) in [5.41, 5.74) is 6.82. The van der Waals surface area contributed by atoms with Crippen molar-refractivity contribution in [3.05, 3.63) is 23.2 Å². The quantitative estimate of drug-likeness (QED) is 0.502. The van der Waals surface area contributed by atoms with E-state index in [9.17, 15) is 4.79 Å². The number of rotatable bonds is 10. The van der Waals surface area contributed by atoms with E-state index in [1.807, 2.05) is 0 Å². The molecule has 1 aromatic carbocycles. The molecule has 1 rings (SSSR count). The van der Waals surface area contributed by atoms with Gasteiger partial charge < -0.3 is 15.8 Å². The molecular formula is C16H25ClN2O2. The highest BCUT2D eigenvalue weighted by Gasteiger charge is 2.06. The van der Waals surface area contributed by atoms with Crippen molar-refractivity contribution in [3.8, 4) is 0 Å². The Bertz CT molecular complexity index is 438. The highest BCUT2D eigenvalue weighted by molar-refractivity contribution is 6.31. The average Bonchev–Trinajstić information content (AvgIpc) is 2.46. The Balaban J connectivity index is 2.13. The van der Waals surface area contributed by atoms with Crippen molar-refractivity contribution in [1.82, 2.24) is 0 Å². The maximum Gasteiger partial charge on any atom is 0.226 e. The molecule has 0 radical (unpaired) electrons. The second-order valence-electron chi connectivity index (χ2n) is 5.06. The van der Waals surface area contributed by atoms with Gasteiger partial charge >= 0.3 is 0 Å². The molecule has 0 unspecified atom stereocenters. The van der Waals surface area contributed by atoms with Gasteiger partial charge in [-0.1, -0.05) is 44.2 Å². The normalized spacial score (nSPS) is 10.6. The molecule has 4 nitrogen and oxygen atoms in total. The number of halogens is 1. The van der Waals surface area contributed by atoms with Crippen molar-refractivity contribution in [1.29, 1.82) is 0 Å². The Morgan fingerprint density at radius 1 is 1.24 bits per heavy atom. The van der Waals surface area contributed by atoms with Crippen molar-refractivity contribution < 1.29 is 9.53 Å². The maximum absolute atomic E-state index is 11.8. The lowest BCUT2D eigenvalue weighted by atomic mass is 10.2. The zero-order chi connectivity index (χ0) is 15.5. The van der Waals surface area contributed by atoms with Gasteiger partial charge in [0.05, 0.1) is 24.4 Å². The molecule has 0 aromatic heterocycles. The van der Waals surface area contributed by atoms with E-state index in [0.717, 1.165) is 13.0 Å². The zero-order valence-electron chi connectivity index (χ0n) is 12.7. The number of amides is 1. The number of nitrogens with two attached hydrogens (primary N) is 1. The van der Waals surface area contributed by atoms with Crippen LogP contribution >= 0.6 is 11.6 Å². The van der Waals surface area contributed by atoms with Gasteiger partial charge in [-0.25, -0.2) is 0 Å². The standard InChI is InChI=1S/C16H25ClN2O2/c1-2-3-4-5-6-10-21-11-9-16(20)19-15-12-13(17)7-8-14(15)18/h7-8,12H,2-6,9-11,18H2,1H3,(H,19,20). The van der Waals surface area contributed by atoms with Crippen molar-refractivity contribution in [2.45, 2.75) is 45.4 Å². The first-order valence-corrected chi connectivity index (χ1v) is 7.94. The topological polar surface area (TPSA) is 64.3 Å². The Labute approximate surface area is 132 Å². The number of hydrogen-bond donors (Lipinski definition) is 2. The summed E-state index contributed by atoms with van der Waals surface area (Å²) in [6.45, 7) is 3.35. The predicted molar refractivity (Wildman–Crippen MR) is 88.7 cm³/mol. The van der Waals surface area contributed by atoms with Crippen LogP contribution in [0.15, 0.2) is 18.2 Å². The van der Waals surface area contributed by atoms with E-state index < -0.39 is 0 Å². The minimum Gasteiger partial charge on any atom is -0.397 e. The molecule has 0 fully saturated rings. The summed E-state index contributed by atoms with van der Waals surface area (Å²) in [6.07, 6.45) is 6.36.